The number of aromatic nitrogens is 2. The minimum absolute atomic E-state index is 0.00356. The zero-order valence-electron chi connectivity index (χ0n) is 12.4. The molecule has 0 N–H and O–H groups in total. The Morgan fingerprint density at radius 1 is 1.24 bits per heavy atom. The van der Waals surface area contributed by atoms with Crippen molar-refractivity contribution in [3.05, 3.63) is 41.5 Å². The minimum atomic E-state index is -0.00356. The van der Waals surface area contributed by atoms with Gasteiger partial charge in [-0.05, 0) is 24.1 Å². The molecule has 5 nitrogen and oxygen atoms in total. The molecule has 0 aliphatic carbocycles. The second kappa shape index (κ2) is 5.68. The Morgan fingerprint density at radius 3 is 2.62 bits per heavy atom. The fourth-order valence-electron chi connectivity index (χ4n) is 2.61. The molecule has 2 heterocycles. The van der Waals surface area contributed by atoms with Gasteiger partial charge in [-0.3, -0.25) is 4.79 Å². The van der Waals surface area contributed by atoms with Crippen LogP contribution in [0.15, 0.2) is 28.8 Å². The number of aryl methyl sites for hydroxylation is 2. The van der Waals surface area contributed by atoms with E-state index in [0.717, 1.165) is 18.5 Å². The molecule has 1 fully saturated rings. The van der Waals surface area contributed by atoms with Crippen LogP contribution in [0.5, 0.6) is 0 Å². The molecule has 0 radical (unpaired) electrons. The minimum Gasteiger partial charge on any atom is -0.339 e. The topological polar surface area (TPSA) is 59.2 Å². The molecule has 1 aromatic heterocycles. The first kappa shape index (κ1) is 13.8. The molecule has 1 amide bonds. The molecule has 0 bridgehead atoms. The monoisotopic (exact) mass is 285 g/mol. The molecule has 0 unspecified atom stereocenters. The lowest BCUT2D eigenvalue weighted by atomic mass is 10.1. The summed E-state index contributed by atoms with van der Waals surface area (Å²) >= 11 is 0. The predicted molar refractivity (Wildman–Crippen MR) is 79.2 cm³/mol. The first-order valence-electron chi connectivity index (χ1n) is 7.43. The summed E-state index contributed by atoms with van der Waals surface area (Å²) in [5, 5.41) is 3.91. The number of rotatable bonds is 4. The van der Waals surface area contributed by atoms with Gasteiger partial charge in [0.2, 0.25) is 11.8 Å². The number of carbonyl (C=O) groups is 1. The number of anilines is 1. The van der Waals surface area contributed by atoms with Crippen LogP contribution in [0.4, 0.5) is 5.69 Å². The smallest absolute Gasteiger partial charge is 0.232 e. The summed E-state index contributed by atoms with van der Waals surface area (Å²) in [7, 11) is 0. The van der Waals surface area contributed by atoms with Gasteiger partial charge in [-0.15, -0.1) is 0 Å². The Bertz CT molecular complexity index is 633. The summed E-state index contributed by atoms with van der Waals surface area (Å²) in [5.41, 5.74) is 2.21. The Labute approximate surface area is 124 Å². The third kappa shape index (κ3) is 2.68. The molecule has 110 valence electrons. The van der Waals surface area contributed by atoms with Crippen LogP contribution in [0, 0.1) is 0 Å². The van der Waals surface area contributed by atoms with Gasteiger partial charge in [0.25, 0.3) is 0 Å². The van der Waals surface area contributed by atoms with Gasteiger partial charge < -0.3 is 9.42 Å². The van der Waals surface area contributed by atoms with Crippen LogP contribution in [0.1, 0.15) is 43.5 Å². The van der Waals surface area contributed by atoms with Crippen LogP contribution in [-0.4, -0.2) is 22.6 Å². The van der Waals surface area contributed by atoms with Crippen molar-refractivity contribution in [1.29, 1.82) is 0 Å². The van der Waals surface area contributed by atoms with E-state index >= 15 is 0 Å². The first-order chi connectivity index (χ1) is 10.2. The number of benzene rings is 1. The van der Waals surface area contributed by atoms with Gasteiger partial charge in [0.05, 0.1) is 5.92 Å². The molecule has 3 rings (SSSR count). The van der Waals surface area contributed by atoms with E-state index in [2.05, 4.69) is 29.2 Å². The molecule has 1 aliphatic heterocycles. The van der Waals surface area contributed by atoms with Crippen LogP contribution >= 0.6 is 0 Å². The normalized spacial score (nSPS) is 18.5. The molecule has 1 atom stereocenters. The standard InChI is InChI=1S/C16H19N3O2/c1-3-11-5-7-13(8-6-11)19-10-12(9-15(19)20)16-17-14(4-2)18-21-16/h5-8,12H,3-4,9-10H2,1-2H3/t12-/m1/s1. The van der Waals surface area contributed by atoms with E-state index in [-0.39, 0.29) is 11.8 Å². The van der Waals surface area contributed by atoms with Crippen molar-refractivity contribution in [3.8, 4) is 0 Å². The molecule has 1 saturated heterocycles. The van der Waals surface area contributed by atoms with Crippen molar-refractivity contribution in [2.24, 2.45) is 0 Å². The average Bonchev–Trinajstić information content (AvgIpc) is 3.13. The number of amides is 1. The first-order valence-corrected chi connectivity index (χ1v) is 7.43. The van der Waals surface area contributed by atoms with Crippen LogP contribution < -0.4 is 4.90 Å². The molecule has 1 aliphatic rings. The van der Waals surface area contributed by atoms with Gasteiger partial charge in [0, 0.05) is 25.1 Å². The maximum absolute atomic E-state index is 12.2. The van der Waals surface area contributed by atoms with Gasteiger partial charge in [0.15, 0.2) is 5.82 Å². The van der Waals surface area contributed by atoms with E-state index < -0.39 is 0 Å². The molecule has 2 aromatic rings. The number of hydrogen-bond donors (Lipinski definition) is 0. The average molecular weight is 285 g/mol. The SMILES string of the molecule is CCc1ccc(N2C[C@H](c3nc(CC)no3)CC2=O)cc1. The highest BCUT2D eigenvalue weighted by molar-refractivity contribution is 5.96. The summed E-state index contributed by atoms with van der Waals surface area (Å²) in [6.45, 7) is 4.71. The second-order valence-corrected chi connectivity index (χ2v) is 5.33. The van der Waals surface area contributed by atoms with E-state index in [9.17, 15) is 4.79 Å². The highest BCUT2D eigenvalue weighted by atomic mass is 16.5. The molecule has 21 heavy (non-hydrogen) atoms. The van der Waals surface area contributed by atoms with Crippen LogP contribution in [0.3, 0.4) is 0 Å². The molecular weight excluding hydrogens is 266 g/mol. The third-order valence-corrected chi connectivity index (χ3v) is 3.93. The van der Waals surface area contributed by atoms with Crippen molar-refractivity contribution in [1.82, 2.24) is 10.1 Å². The Hall–Kier alpha value is -2.17. The van der Waals surface area contributed by atoms with Crippen molar-refractivity contribution >= 4 is 11.6 Å². The van der Waals surface area contributed by atoms with Gasteiger partial charge >= 0.3 is 0 Å². The maximum Gasteiger partial charge on any atom is 0.232 e. The quantitative estimate of drug-likeness (QED) is 0.866. The van der Waals surface area contributed by atoms with Crippen LogP contribution in [-0.2, 0) is 17.6 Å². The van der Waals surface area contributed by atoms with Gasteiger partial charge in [-0.25, -0.2) is 0 Å². The summed E-state index contributed by atoms with van der Waals surface area (Å²) < 4.78 is 5.27. The predicted octanol–water partition coefficient (Wildman–Crippen LogP) is 2.71. The van der Waals surface area contributed by atoms with Crippen LogP contribution in [0.2, 0.25) is 0 Å². The van der Waals surface area contributed by atoms with Gasteiger partial charge in [-0.2, -0.15) is 4.98 Å². The van der Waals surface area contributed by atoms with E-state index in [1.165, 1.54) is 5.56 Å². The summed E-state index contributed by atoms with van der Waals surface area (Å²) in [6.07, 6.45) is 2.17. The fraction of sp³-hybridized carbons (Fsp3) is 0.438. The van der Waals surface area contributed by atoms with E-state index in [1.807, 2.05) is 19.1 Å². The second-order valence-electron chi connectivity index (χ2n) is 5.33. The Balaban J connectivity index is 1.77. The van der Waals surface area contributed by atoms with Crippen molar-refractivity contribution in [3.63, 3.8) is 0 Å². The molecule has 5 heteroatoms. The third-order valence-electron chi connectivity index (χ3n) is 3.93. The summed E-state index contributed by atoms with van der Waals surface area (Å²) in [5.74, 6) is 1.38. The highest BCUT2D eigenvalue weighted by Gasteiger charge is 2.34. The molecular formula is C16H19N3O2. The number of hydrogen-bond acceptors (Lipinski definition) is 4. The van der Waals surface area contributed by atoms with Gasteiger partial charge in [-0.1, -0.05) is 31.1 Å². The summed E-state index contributed by atoms with van der Waals surface area (Å²) in [6, 6.07) is 8.14. The van der Waals surface area contributed by atoms with E-state index in [0.29, 0.717) is 24.7 Å². The lowest BCUT2D eigenvalue weighted by molar-refractivity contribution is -0.117. The lowest BCUT2D eigenvalue weighted by Gasteiger charge is -2.16. The highest BCUT2D eigenvalue weighted by Crippen LogP contribution is 2.31. The Kier molecular flexibility index (Phi) is 3.73. The fourth-order valence-corrected chi connectivity index (χ4v) is 2.61. The van der Waals surface area contributed by atoms with Crippen LogP contribution in [0.25, 0.3) is 0 Å². The van der Waals surface area contributed by atoms with Crippen molar-refractivity contribution in [2.75, 3.05) is 11.4 Å². The van der Waals surface area contributed by atoms with E-state index in [1.54, 1.807) is 4.90 Å². The zero-order valence-corrected chi connectivity index (χ0v) is 12.4. The number of nitrogens with zero attached hydrogens (tertiary/aromatic N) is 3. The number of carbonyl (C=O) groups excluding carboxylic acids is 1. The van der Waals surface area contributed by atoms with Crippen molar-refractivity contribution in [2.45, 2.75) is 39.0 Å². The molecule has 0 saturated carbocycles. The van der Waals surface area contributed by atoms with Crippen molar-refractivity contribution < 1.29 is 9.32 Å². The zero-order chi connectivity index (χ0) is 14.8. The maximum atomic E-state index is 12.2. The molecule has 0 spiro atoms. The molecule has 1 aromatic carbocycles. The lowest BCUT2D eigenvalue weighted by Crippen LogP contribution is -2.24. The largest absolute Gasteiger partial charge is 0.339 e. The summed E-state index contributed by atoms with van der Waals surface area (Å²) in [4.78, 5) is 18.4. The van der Waals surface area contributed by atoms with E-state index in [4.69, 9.17) is 4.52 Å². The van der Waals surface area contributed by atoms with Gasteiger partial charge in [0.1, 0.15) is 0 Å². The Morgan fingerprint density at radius 2 is 2.00 bits per heavy atom.